The molecule has 0 unspecified atom stereocenters. The van der Waals surface area contributed by atoms with Gasteiger partial charge in [-0.05, 0) is 25.0 Å². The third-order valence-electron chi connectivity index (χ3n) is 5.37. The number of nitrogens with zero attached hydrogens (tertiary/aromatic N) is 1. The van der Waals surface area contributed by atoms with Crippen LogP contribution in [-0.2, 0) is 20.8 Å². The molecule has 0 bridgehead atoms. The highest BCUT2D eigenvalue weighted by Gasteiger charge is 2.51. The Labute approximate surface area is 143 Å². The highest BCUT2D eigenvalue weighted by atomic mass is 19.1. The van der Waals surface area contributed by atoms with Crippen molar-refractivity contribution in [2.75, 3.05) is 13.1 Å². The van der Waals surface area contributed by atoms with E-state index in [1.54, 1.807) is 17.0 Å². The van der Waals surface area contributed by atoms with Crippen molar-refractivity contribution in [1.82, 2.24) is 15.2 Å². The number of carbonyl (C=O) groups excluding carboxylic acids is 3. The molecule has 1 aromatic heterocycles. The lowest BCUT2D eigenvalue weighted by molar-refractivity contribution is -0.131. The van der Waals surface area contributed by atoms with Crippen LogP contribution >= 0.6 is 0 Å². The normalized spacial score (nSPS) is 23.0. The van der Waals surface area contributed by atoms with Crippen molar-refractivity contribution >= 4 is 28.6 Å². The average Bonchev–Trinajstić information content (AvgIpc) is 3.20. The fraction of sp³-hybridized carbons (Fsp3) is 0.389. The molecule has 7 heteroatoms. The van der Waals surface area contributed by atoms with Gasteiger partial charge in [0.1, 0.15) is 5.82 Å². The molecule has 4 rings (SSSR count). The molecular weight excluding hydrogens is 325 g/mol. The quantitative estimate of drug-likeness (QED) is 0.809. The molecule has 1 aromatic carbocycles. The second-order valence-electron chi connectivity index (χ2n) is 6.97. The van der Waals surface area contributed by atoms with Crippen LogP contribution < -0.4 is 5.32 Å². The fourth-order valence-electron chi connectivity index (χ4n) is 3.96. The van der Waals surface area contributed by atoms with Gasteiger partial charge in [-0.2, -0.15) is 0 Å². The lowest BCUT2D eigenvalue weighted by Gasteiger charge is -2.20. The second kappa shape index (κ2) is 5.40. The molecule has 6 nitrogen and oxygen atoms in total. The van der Waals surface area contributed by atoms with Crippen LogP contribution in [0.5, 0.6) is 0 Å². The highest BCUT2D eigenvalue weighted by molar-refractivity contribution is 6.06. The molecule has 2 saturated heterocycles. The number of aromatic amines is 1. The second-order valence-corrected chi connectivity index (χ2v) is 6.97. The Morgan fingerprint density at radius 3 is 2.88 bits per heavy atom. The van der Waals surface area contributed by atoms with Crippen molar-refractivity contribution in [2.45, 2.75) is 26.2 Å². The number of amides is 3. The summed E-state index contributed by atoms with van der Waals surface area (Å²) in [5.74, 6) is -1.02. The molecule has 2 fully saturated rings. The van der Waals surface area contributed by atoms with E-state index in [1.807, 2.05) is 6.92 Å². The van der Waals surface area contributed by atoms with E-state index in [4.69, 9.17) is 0 Å². The largest absolute Gasteiger partial charge is 0.356 e. The van der Waals surface area contributed by atoms with E-state index >= 15 is 0 Å². The van der Waals surface area contributed by atoms with Crippen LogP contribution in [0.1, 0.15) is 24.1 Å². The number of benzene rings is 1. The summed E-state index contributed by atoms with van der Waals surface area (Å²) in [6.45, 7) is 2.53. The number of imide groups is 1. The van der Waals surface area contributed by atoms with Crippen molar-refractivity contribution in [3.63, 3.8) is 0 Å². The summed E-state index contributed by atoms with van der Waals surface area (Å²) in [6, 6.07) is 4.79. The Balaban J connectivity index is 1.56. The molecule has 25 heavy (non-hydrogen) atoms. The molecule has 2 aliphatic heterocycles. The van der Waals surface area contributed by atoms with Crippen LogP contribution in [0, 0.1) is 18.2 Å². The summed E-state index contributed by atoms with van der Waals surface area (Å²) < 4.78 is 13.9. The lowest BCUT2D eigenvalue weighted by atomic mass is 9.85. The molecular formula is C18H18FN3O3. The first-order chi connectivity index (χ1) is 11.9. The predicted octanol–water partition coefficient (Wildman–Crippen LogP) is 1.42. The number of aromatic nitrogens is 1. The Morgan fingerprint density at radius 1 is 1.36 bits per heavy atom. The molecule has 0 radical (unpaired) electrons. The van der Waals surface area contributed by atoms with Crippen LogP contribution in [0.2, 0.25) is 0 Å². The van der Waals surface area contributed by atoms with Crippen LogP contribution in [-0.4, -0.2) is 40.7 Å². The van der Waals surface area contributed by atoms with Crippen molar-refractivity contribution in [3.8, 4) is 0 Å². The summed E-state index contributed by atoms with van der Waals surface area (Å²) in [7, 11) is 0. The summed E-state index contributed by atoms with van der Waals surface area (Å²) in [4.78, 5) is 40.9. The van der Waals surface area contributed by atoms with Crippen LogP contribution in [0.25, 0.3) is 10.9 Å². The molecule has 0 aliphatic carbocycles. The van der Waals surface area contributed by atoms with Gasteiger partial charge in [-0.25, -0.2) is 4.39 Å². The standard InChI is InChI=1S/C18H18FN3O3/c1-10-12(11-3-2-4-13(19)16(11)20-10)7-15(24)22-6-5-18(9-22)8-14(23)21-17(18)25/h2-4,20H,5-9H2,1H3,(H,21,23,25)/t18-/m1/s1. The number of carbonyl (C=O) groups is 3. The predicted molar refractivity (Wildman–Crippen MR) is 88.1 cm³/mol. The van der Waals surface area contributed by atoms with Crippen molar-refractivity contribution in [1.29, 1.82) is 0 Å². The Kier molecular flexibility index (Phi) is 3.42. The maximum absolute atomic E-state index is 13.9. The molecule has 1 spiro atoms. The van der Waals surface area contributed by atoms with Gasteiger partial charge in [0.25, 0.3) is 0 Å². The number of para-hydroxylation sites is 1. The van der Waals surface area contributed by atoms with Gasteiger partial charge in [0, 0.05) is 30.6 Å². The fourth-order valence-corrected chi connectivity index (χ4v) is 3.96. The SMILES string of the molecule is Cc1[nH]c2c(F)cccc2c1CC(=O)N1CC[C@@]2(CC(=O)NC2=O)C1. The molecule has 2 aliphatic rings. The first-order valence-electron chi connectivity index (χ1n) is 8.27. The van der Waals surface area contributed by atoms with Crippen LogP contribution in [0.3, 0.4) is 0 Å². The van der Waals surface area contributed by atoms with Gasteiger partial charge in [0.15, 0.2) is 0 Å². The van der Waals surface area contributed by atoms with Gasteiger partial charge in [-0.1, -0.05) is 12.1 Å². The number of fused-ring (bicyclic) bond motifs is 1. The van der Waals surface area contributed by atoms with Gasteiger partial charge in [0.2, 0.25) is 17.7 Å². The number of halogens is 1. The van der Waals surface area contributed by atoms with E-state index in [9.17, 15) is 18.8 Å². The zero-order valence-electron chi connectivity index (χ0n) is 13.8. The maximum atomic E-state index is 13.9. The molecule has 2 N–H and O–H groups in total. The zero-order valence-corrected chi connectivity index (χ0v) is 13.8. The number of H-pyrrole nitrogens is 1. The van der Waals surface area contributed by atoms with E-state index in [2.05, 4.69) is 10.3 Å². The number of hydrogen-bond acceptors (Lipinski definition) is 3. The molecule has 1 atom stereocenters. The summed E-state index contributed by atoms with van der Waals surface area (Å²) in [5.41, 5.74) is 1.17. The molecule has 0 saturated carbocycles. The van der Waals surface area contributed by atoms with Gasteiger partial charge >= 0.3 is 0 Å². The first kappa shape index (κ1) is 15.8. The Morgan fingerprint density at radius 2 is 2.16 bits per heavy atom. The van der Waals surface area contributed by atoms with Gasteiger partial charge in [0.05, 0.1) is 17.4 Å². The molecule has 3 heterocycles. The van der Waals surface area contributed by atoms with Crippen molar-refractivity contribution in [3.05, 3.63) is 35.3 Å². The highest BCUT2D eigenvalue weighted by Crippen LogP contribution is 2.38. The minimum absolute atomic E-state index is 0.114. The van der Waals surface area contributed by atoms with Crippen molar-refractivity contribution in [2.24, 2.45) is 5.41 Å². The maximum Gasteiger partial charge on any atom is 0.235 e. The smallest absolute Gasteiger partial charge is 0.235 e. The van der Waals surface area contributed by atoms with Gasteiger partial charge in [-0.15, -0.1) is 0 Å². The molecule has 3 amide bonds. The Bertz CT molecular complexity index is 920. The number of aryl methyl sites for hydroxylation is 1. The van der Waals surface area contributed by atoms with E-state index in [0.29, 0.717) is 23.9 Å². The van der Waals surface area contributed by atoms with Gasteiger partial charge in [-0.3, -0.25) is 19.7 Å². The van der Waals surface area contributed by atoms with Crippen LogP contribution in [0.4, 0.5) is 4.39 Å². The minimum Gasteiger partial charge on any atom is -0.356 e. The van der Waals surface area contributed by atoms with Gasteiger partial charge < -0.3 is 9.88 Å². The third-order valence-corrected chi connectivity index (χ3v) is 5.37. The summed E-state index contributed by atoms with van der Waals surface area (Å²) in [6.07, 6.45) is 0.783. The number of rotatable bonds is 2. The molecule has 130 valence electrons. The zero-order chi connectivity index (χ0) is 17.8. The monoisotopic (exact) mass is 343 g/mol. The Hall–Kier alpha value is -2.70. The summed E-state index contributed by atoms with van der Waals surface area (Å²) in [5, 5.41) is 3.03. The number of hydrogen-bond donors (Lipinski definition) is 2. The van der Waals surface area contributed by atoms with Crippen molar-refractivity contribution < 1.29 is 18.8 Å². The van der Waals surface area contributed by atoms with E-state index in [0.717, 1.165) is 11.3 Å². The van der Waals surface area contributed by atoms with E-state index < -0.39 is 5.41 Å². The first-order valence-corrected chi connectivity index (χ1v) is 8.27. The third kappa shape index (κ3) is 2.42. The van der Waals surface area contributed by atoms with E-state index in [-0.39, 0.29) is 42.9 Å². The van der Waals surface area contributed by atoms with Crippen LogP contribution in [0.15, 0.2) is 18.2 Å². The number of likely N-dealkylation sites (tertiary alicyclic amines) is 1. The minimum atomic E-state index is -0.770. The summed E-state index contributed by atoms with van der Waals surface area (Å²) >= 11 is 0. The van der Waals surface area contributed by atoms with E-state index in [1.165, 1.54) is 6.07 Å². The lowest BCUT2D eigenvalue weighted by Crippen LogP contribution is -2.37. The average molecular weight is 343 g/mol. The number of nitrogens with one attached hydrogen (secondary N) is 2. The topological polar surface area (TPSA) is 82.3 Å². The molecule has 2 aromatic rings.